The molecule has 1 unspecified atom stereocenters. The third-order valence-corrected chi connectivity index (χ3v) is 2.44. The molecule has 1 atom stereocenters. The quantitative estimate of drug-likeness (QED) is 0.613. The maximum Gasteiger partial charge on any atom is 0.249 e. The fraction of sp³-hybridized carbons (Fsp3) is 0.333. The van der Waals surface area contributed by atoms with E-state index in [2.05, 4.69) is 15.3 Å². The molecule has 90 valence electrons. The second kappa shape index (κ2) is 3.96. The van der Waals surface area contributed by atoms with Gasteiger partial charge in [-0.1, -0.05) is 0 Å². The van der Waals surface area contributed by atoms with E-state index < -0.39 is 23.7 Å². The second-order valence-electron chi connectivity index (χ2n) is 3.62. The van der Waals surface area contributed by atoms with Gasteiger partial charge in [0.05, 0.1) is 12.7 Å². The van der Waals surface area contributed by atoms with Crippen molar-refractivity contribution in [3.8, 4) is 0 Å². The first-order chi connectivity index (χ1) is 7.99. The van der Waals surface area contributed by atoms with Crippen molar-refractivity contribution in [1.29, 1.82) is 0 Å². The molecule has 1 aromatic heterocycles. The van der Waals surface area contributed by atoms with Gasteiger partial charge in [-0.25, -0.2) is 9.37 Å². The molecule has 1 fully saturated rings. The van der Waals surface area contributed by atoms with Crippen LogP contribution in [0.3, 0.4) is 0 Å². The Bertz CT molecular complexity index is 492. The van der Waals surface area contributed by atoms with Crippen LogP contribution in [0.2, 0.25) is 0 Å². The predicted molar refractivity (Wildman–Crippen MR) is 56.4 cm³/mol. The fourth-order valence-electron chi connectivity index (χ4n) is 1.55. The van der Waals surface area contributed by atoms with Crippen molar-refractivity contribution in [2.45, 2.75) is 13.0 Å². The van der Waals surface area contributed by atoms with Crippen LogP contribution in [0.25, 0.3) is 0 Å². The van der Waals surface area contributed by atoms with Crippen molar-refractivity contribution in [2.24, 2.45) is 0 Å². The van der Waals surface area contributed by atoms with Crippen LogP contribution in [0.15, 0.2) is 6.20 Å². The van der Waals surface area contributed by atoms with Crippen molar-refractivity contribution in [3.63, 3.8) is 0 Å². The minimum atomic E-state index is -0.728. The number of carbonyl (C=O) groups is 2. The first-order valence-corrected chi connectivity index (χ1v) is 4.87. The standard InChI is InChI=1S/C9H10FN5O2/c1-4-8(17)13-6(16)3-15(4)7-5(10)2-12-9(11)14-7/h2,4H,3H2,1H3,(H2,11,12,14)(H,13,16,17). The molecule has 0 bridgehead atoms. The molecule has 1 aliphatic rings. The molecule has 8 heteroatoms. The average molecular weight is 239 g/mol. The summed E-state index contributed by atoms with van der Waals surface area (Å²) in [4.78, 5) is 31.1. The predicted octanol–water partition coefficient (Wildman–Crippen LogP) is -0.951. The van der Waals surface area contributed by atoms with E-state index >= 15 is 0 Å². The summed E-state index contributed by atoms with van der Waals surface area (Å²) in [5.41, 5.74) is 5.35. The van der Waals surface area contributed by atoms with Crippen molar-refractivity contribution in [2.75, 3.05) is 17.2 Å². The van der Waals surface area contributed by atoms with Gasteiger partial charge in [-0.05, 0) is 6.92 Å². The number of carbonyl (C=O) groups excluding carboxylic acids is 2. The molecule has 2 rings (SSSR count). The molecule has 3 N–H and O–H groups in total. The molecular weight excluding hydrogens is 229 g/mol. The minimum absolute atomic E-state index is 0.118. The van der Waals surface area contributed by atoms with Crippen LogP contribution >= 0.6 is 0 Å². The molecule has 7 nitrogen and oxygen atoms in total. The summed E-state index contributed by atoms with van der Waals surface area (Å²) in [6, 6.07) is -0.698. The number of aromatic nitrogens is 2. The lowest BCUT2D eigenvalue weighted by Gasteiger charge is -2.32. The number of nitrogen functional groups attached to an aromatic ring is 1. The summed E-state index contributed by atoms with van der Waals surface area (Å²) in [5.74, 6) is -2.00. The molecular formula is C9H10FN5O2. The van der Waals surface area contributed by atoms with Crippen LogP contribution in [0.5, 0.6) is 0 Å². The zero-order valence-corrected chi connectivity index (χ0v) is 8.98. The van der Waals surface area contributed by atoms with E-state index in [1.807, 2.05) is 0 Å². The molecule has 2 amide bonds. The Morgan fingerprint density at radius 1 is 1.59 bits per heavy atom. The zero-order valence-electron chi connectivity index (χ0n) is 8.98. The number of anilines is 2. The number of halogens is 1. The summed E-state index contributed by atoms with van der Waals surface area (Å²) in [5, 5.41) is 2.15. The number of imide groups is 1. The van der Waals surface area contributed by atoms with Gasteiger partial charge in [0.2, 0.25) is 17.8 Å². The van der Waals surface area contributed by atoms with Gasteiger partial charge >= 0.3 is 0 Å². The van der Waals surface area contributed by atoms with E-state index in [0.29, 0.717) is 0 Å². The van der Waals surface area contributed by atoms with Crippen LogP contribution in [-0.4, -0.2) is 34.4 Å². The lowest BCUT2D eigenvalue weighted by molar-refractivity contribution is -0.132. The lowest BCUT2D eigenvalue weighted by Crippen LogP contribution is -2.57. The Hall–Kier alpha value is -2.25. The summed E-state index contributed by atoms with van der Waals surface area (Å²) < 4.78 is 13.5. The third kappa shape index (κ3) is 2.01. The number of nitrogens with zero attached hydrogens (tertiary/aromatic N) is 3. The molecule has 0 aromatic carbocycles. The Labute approximate surface area is 95.8 Å². The topological polar surface area (TPSA) is 101 Å². The third-order valence-electron chi connectivity index (χ3n) is 2.44. The number of rotatable bonds is 1. The molecule has 17 heavy (non-hydrogen) atoms. The van der Waals surface area contributed by atoms with E-state index in [-0.39, 0.29) is 18.3 Å². The average Bonchev–Trinajstić information content (AvgIpc) is 2.27. The van der Waals surface area contributed by atoms with Gasteiger partial charge in [0.15, 0.2) is 11.6 Å². The van der Waals surface area contributed by atoms with Gasteiger partial charge in [-0.2, -0.15) is 4.98 Å². The van der Waals surface area contributed by atoms with E-state index in [4.69, 9.17) is 5.73 Å². The van der Waals surface area contributed by atoms with Crippen LogP contribution in [0, 0.1) is 5.82 Å². The van der Waals surface area contributed by atoms with E-state index in [0.717, 1.165) is 6.20 Å². The number of nitrogens with two attached hydrogens (primary N) is 1. The number of hydrogen-bond acceptors (Lipinski definition) is 6. The molecule has 1 aromatic rings. The number of piperazine rings is 1. The second-order valence-corrected chi connectivity index (χ2v) is 3.62. The number of nitrogens with one attached hydrogen (secondary N) is 1. The molecule has 0 radical (unpaired) electrons. The zero-order chi connectivity index (χ0) is 12.6. The van der Waals surface area contributed by atoms with Gasteiger partial charge in [0.25, 0.3) is 0 Å². The van der Waals surface area contributed by atoms with Crippen LogP contribution in [-0.2, 0) is 9.59 Å². The fourth-order valence-corrected chi connectivity index (χ4v) is 1.55. The number of hydrogen-bond donors (Lipinski definition) is 2. The maximum atomic E-state index is 13.5. The molecule has 0 spiro atoms. The molecule has 1 aliphatic heterocycles. The Morgan fingerprint density at radius 3 is 3.00 bits per heavy atom. The van der Waals surface area contributed by atoms with Crippen LogP contribution < -0.4 is 16.0 Å². The first kappa shape index (κ1) is 11.2. The van der Waals surface area contributed by atoms with Crippen LogP contribution in [0.4, 0.5) is 16.2 Å². The van der Waals surface area contributed by atoms with E-state index in [1.54, 1.807) is 6.92 Å². The highest BCUT2D eigenvalue weighted by atomic mass is 19.1. The van der Waals surface area contributed by atoms with Crippen molar-refractivity contribution in [1.82, 2.24) is 15.3 Å². The summed E-state index contributed by atoms with van der Waals surface area (Å²) in [6.07, 6.45) is 0.904. The SMILES string of the molecule is CC1C(=O)NC(=O)CN1c1nc(N)ncc1F. The smallest absolute Gasteiger partial charge is 0.249 e. The van der Waals surface area contributed by atoms with Gasteiger partial charge in [0, 0.05) is 0 Å². The number of amides is 2. The monoisotopic (exact) mass is 239 g/mol. The molecule has 0 saturated carbocycles. The highest BCUT2D eigenvalue weighted by Crippen LogP contribution is 2.20. The van der Waals surface area contributed by atoms with Crippen molar-refractivity contribution >= 4 is 23.6 Å². The maximum absolute atomic E-state index is 13.5. The lowest BCUT2D eigenvalue weighted by atomic mass is 10.2. The van der Waals surface area contributed by atoms with E-state index in [1.165, 1.54) is 4.90 Å². The normalized spacial score (nSPS) is 20.4. The Balaban J connectivity index is 2.40. The summed E-state index contributed by atoms with van der Waals surface area (Å²) in [7, 11) is 0. The van der Waals surface area contributed by atoms with Gasteiger partial charge < -0.3 is 10.6 Å². The Kier molecular flexibility index (Phi) is 2.62. The van der Waals surface area contributed by atoms with Gasteiger partial charge in [-0.15, -0.1) is 0 Å². The van der Waals surface area contributed by atoms with E-state index in [9.17, 15) is 14.0 Å². The van der Waals surface area contributed by atoms with Gasteiger partial charge in [0.1, 0.15) is 6.04 Å². The van der Waals surface area contributed by atoms with Gasteiger partial charge in [-0.3, -0.25) is 14.9 Å². The minimum Gasteiger partial charge on any atom is -0.368 e. The van der Waals surface area contributed by atoms with Crippen molar-refractivity contribution in [3.05, 3.63) is 12.0 Å². The highest BCUT2D eigenvalue weighted by Gasteiger charge is 2.32. The summed E-state index contributed by atoms with van der Waals surface area (Å²) in [6.45, 7) is 1.39. The van der Waals surface area contributed by atoms with Crippen LogP contribution in [0.1, 0.15) is 6.92 Å². The van der Waals surface area contributed by atoms with Crippen molar-refractivity contribution < 1.29 is 14.0 Å². The summed E-state index contributed by atoms with van der Waals surface area (Å²) >= 11 is 0. The molecule has 0 aliphatic carbocycles. The first-order valence-electron chi connectivity index (χ1n) is 4.87. The Morgan fingerprint density at radius 2 is 2.29 bits per heavy atom. The highest BCUT2D eigenvalue weighted by molar-refractivity contribution is 6.04. The largest absolute Gasteiger partial charge is 0.368 e. The molecule has 2 heterocycles. The molecule has 1 saturated heterocycles.